The molecule has 33 heavy (non-hydrogen) atoms. The fourth-order valence-electron chi connectivity index (χ4n) is 3.40. The highest BCUT2D eigenvalue weighted by Gasteiger charge is 2.22. The standard InChI is InChI=1S/C26H18F4N2O/c27-18-1-9-22(10-2-18)31(23-11-3-19(28)4-12-23)17-26(33)32(24-13-5-20(29)6-14-24)25-15-7-21(30)8-16-25/h1-16H,17H2. The maximum atomic E-state index is 13.6. The van der Waals surface area contributed by atoms with E-state index in [1.807, 2.05) is 0 Å². The summed E-state index contributed by atoms with van der Waals surface area (Å²) >= 11 is 0. The fourth-order valence-corrected chi connectivity index (χ4v) is 3.40. The Balaban J connectivity index is 1.74. The van der Waals surface area contributed by atoms with Crippen LogP contribution in [0.3, 0.4) is 0 Å². The quantitative estimate of drug-likeness (QED) is 0.304. The van der Waals surface area contributed by atoms with E-state index in [0.29, 0.717) is 22.7 Å². The smallest absolute Gasteiger partial charge is 0.251 e. The summed E-state index contributed by atoms with van der Waals surface area (Å²) < 4.78 is 54.0. The Bertz CT molecular complexity index is 1130. The molecule has 0 bridgehead atoms. The van der Waals surface area contributed by atoms with Gasteiger partial charge in [-0.25, -0.2) is 17.6 Å². The second-order valence-electron chi connectivity index (χ2n) is 7.22. The fraction of sp³-hybridized carbons (Fsp3) is 0.0385. The van der Waals surface area contributed by atoms with Crippen LogP contribution in [0.5, 0.6) is 0 Å². The number of nitrogens with zero attached hydrogens (tertiary/aromatic N) is 2. The van der Waals surface area contributed by atoms with Gasteiger partial charge in [0.2, 0.25) is 0 Å². The number of hydrogen-bond donors (Lipinski definition) is 0. The normalized spacial score (nSPS) is 10.7. The number of carbonyl (C=O) groups excluding carboxylic acids is 1. The largest absolute Gasteiger partial charge is 0.332 e. The average Bonchev–Trinajstić information content (AvgIpc) is 2.81. The van der Waals surface area contributed by atoms with Crippen molar-refractivity contribution in [3.8, 4) is 0 Å². The lowest BCUT2D eigenvalue weighted by molar-refractivity contribution is -0.116. The minimum absolute atomic E-state index is 0.216. The molecule has 0 N–H and O–H groups in total. The van der Waals surface area contributed by atoms with Gasteiger partial charge in [-0.15, -0.1) is 0 Å². The van der Waals surface area contributed by atoms with Crippen molar-refractivity contribution in [3.05, 3.63) is 120 Å². The van der Waals surface area contributed by atoms with Gasteiger partial charge in [-0.05, 0) is 97.1 Å². The second kappa shape index (κ2) is 9.56. The van der Waals surface area contributed by atoms with Gasteiger partial charge in [-0.1, -0.05) is 0 Å². The summed E-state index contributed by atoms with van der Waals surface area (Å²) in [5.74, 6) is -2.25. The molecule has 0 unspecified atom stereocenters. The molecule has 0 heterocycles. The molecule has 0 aliphatic heterocycles. The molecule has 4 rings (SSSR count). The lowest BCUT2D eigenvalue weighted by Gasteiger charge is -2.29. The lowest BCUT2D eigenvalue weighted by atomic mass is 10.2. The number of rotatable bonds is 6. The van der Waals surface area contributed by atoms with E-state index in [-0.39, 0.29) is 6.54 Å². The minimum atomic E-state index is -0.468. The van der Waals surface area contributed by atoms with Crippen LogP contribution in [0.4, 0.5) is 40.3 Å². The number of hydrogen-bond acceptors (Lipinski definition) is 2. The molecule has 0 spiro atoms. The van der Waals surface area contributed by atoms with E-state index in [2.05, 4.69) is 0 Å². The Morgan fingerprint density at radius 3 is 1.06 bits per heavy atom. The number of halogens is 4. The number of benzene rings is 4. The third-order valence-electron chi connectivity index (χ3n) is 4.99. The van der Waals surface area contributed by atoms with E-state index in [9.17, 15) is 22.4 Å². The number of carbonyl (C=O) groups is 1. The Labute approximate surface area is 188 Å². The zero-order valence-corrected chi connectivity index (χ0v) is 17.3. The Morgan fingerprint density at radius 2 is 0.758 bits per heavy atom. The maximum Gasteiger partial charge on any atom is 0.251 e. The van der Waals surface area contributed by atoms with E-state index < -0.39 is 29.2 Å². The Morgan fingerprint density at radius 1 is 0.485 bits per heavy atom. The molecule has 0 saturated carbocycles. The zero-order chi connectivity index (χ0) is 23.4. The van der Waals surface area contributed by atoms with Crippen molar-refractivity contribution in [3.63, 3.8) is 0 Å². The van der Waals surface area contributed by atoms with Crippen LogP contribution < -0.4 is 9.80 Å². The van der Waals surface area contributed by atoms with Gasteiger partial charge in [0, 0.05) is 22.7 Å². The highest BCUT2D eigenvalue weighted by molar-refractivity contribution is 6.03. The zero-order valence-electron chi connectivity index (χ0n) is 17.3. The topological polar surface area (TPSA) is 23.6 Å². The summed E-state index contributed by atoms with van der Waals surface area (Å²) in [4.78, 5) is 16.5. The van der Waals surface area contributed by atoms with Crippen molar-refractivity contribution in [1.29, 1.82) is 0 Å². The van der Waals surface area contributed by atoms with Crippen molar-refractivity contribution in [1.82, 2.24) is 0 Å². The highest BCUT2D eigenvalue weighted by Crippen LogP contribution is 2.30. The first kappa shape index (κ1) is 22.1. The summed E-state index contributed by atoms with van der Waals surface area (Å²) in [6.45, 7) is -0.216. The van der Waals surface area contributed by atoms with E-state index in [4.69, 9.17) is 0 Å². The van der Waals surface area contributed by atoms with Gasteiger partial charge < -0.3 is 4.90 Å². The Kier molecular flexibility index (Phi) is 6.40. The van der Waals surface area contributed by atoms with Gasteiger partial charge in [0.05, 0.1) is 0 Å². The van der Waals surface area contributed by atoms with Crippen molar-refractivity contribution < 1.29 is 22.4 Å². The molecule has 4 aromatic carbocycles. The third kappa shape index (κ3) is 5.20. The maximum absolute atomic E-state index is 13.6. The summed E-state index contributed by atoms with van der Waals surface area (Å²) in [5.41, 5.74) is 1.78. The molecule has 0 radical (unpaired) electrons. The van der Waals surface area contributed by atoms with Crippen molar-refractivity contribution >= 4 is 28.7 Å². The molecule has 3 nitrogen and oxygen atoms in total. The predicted octanol–water partition coefficient (Wildman–Crippen LogP) is 6.75. The van der Waals surface area contributed by atoms with Crippen LogP contribution >= 0.6 is 0 Å². The summed E-state index contributed by atoms with van der Waals surface area (Å²) in [5, 5.41) is 0. The number of anilines is 4. The SMILES string of the molecule is O=C(CN(c1ccc(F)cc1)c1ccc(F)cc1)N(c1ccc(F)cc1)c1ccc(F)cc1. The van der Waals surface area contributed by atoms with Crippen LogP contribution in [0.25, 0.3) is 0 Å². The first-order valence-electron chi connectivity index (χ1n) is 10.0. The van der Waals surface area contributed by atoms with Crippen LogP contribution in [0.2, 0.25) is 0 Å². The summed E-state index contributed by atoms with van der Waals surface area (Å²) in [7, 11) is 0. The average molecular weight is 450 g/mol. The van der Waals surface area contributed by atoms with Crippen LogP contribution in [-0.2, 0) is 4.79 Å². The minimum Gasteiger partial charge on any atom is -0.332 e. The van der Waals surface area contributed by atoms with Gasteiger partial charge in [0.1, 0.15) is 29.8 Å². The Hall–Kier alpha value is -4.13. The van der Waals surface area contributed by atoms with Gasteiger partial charge in [-0.3, -0.25) is 9.69 Å². The lowest BCUT2D eigenvalue weighted by Crippen LogP contribution is -2.36. The molecule has 0 aliphatic carbocycles. The third-order valence-corrected chi connectivity index (χ3v) is 4.99. The van der Waals surface area contributed by atoms with Crippen molar-refractivity contribution in [2.24, 2.45) is 0 Å². The molecule has 7 heteroatoms. The van der Waals surface area contributed by atoms with Gasteiger partial charge in [-0.2, -0.15) is 0 Å². The molecular weight excluding hydrogens is 432 g/mol. The molecule has 166 valence electrons. The van der Waals surface area contributed by atoms with Crippen LogP contribution in [0.1, 0.15) is 0 Å². The molecule has 0 atom stereocenters. The molecule has 1 amide bonds. The van der Waals surface area contributed by atoms with E-state index in [0.717, 1.165) is 0 Å². The molecule has 4 aromatic rings. The van der Waals surface area contributed by atoms with E-state index in [1.54, 1.807) is 4.90 Å². The molecule has 0 aliphatic rings. The molecule has 0 aromatic heterocycles. The van der Waals surface area contributed by atoms with E-state index in [1.165, 1.54) is 102 Å². The van der Waals surface area contributed by atoms with Gasteiger partial charge >= 0.3 is 0 Å². The van der Waals surface area contributed by atoms with Gasteiger partial charge in [0.25, 0.3) is 5.91 Å². The van der Waals surface area contributed by atoms with Gasteiger partial charge in [0.15, 0.2) is 0 Å². The highest BCUT2D eigenvalue weighted by atomic mass is 19.1. The molecule has 0 saturated heterocycles. The van der Waals surface area contributed by atoms with Crippen molar-refractivity contribution in [2.75, 3.05) is 16.3 Å². The van der Waals surface area contributed by atoms with Crippen LogP contribution in [0.15, 0.2) is 97.1 Å². The van der Waals surface area contributed by atoms with E-state index >= 15 is 0 Å². The van der Waals surface area contributed by atoms with Crippen LogP contribution in [0, 0.1) is 23.3 Å². The summed E-state index contributed by atoms with van der Waals surface area (Å²) in [6.07, 6.45) is 0. The number of amides is 1. The molecule has 0 fully saturated rings. The second-order valence-corrected chi connectivity index (χ2v) is 7.22. The first-order chi connectivity index (χ1) is 15.9. The molecular formula is C26H18F4N2O. The predicted molar refractivity (Wildman–Crippen MR) is 120 cm³/mol. The summed E-state index contributed by atoms with van der Waals surface area (Å²) in [6, 6.07) is 21.7. The monoisotopic (exact) mass is 450 g/mol. The van der Waals surface area contributed by atoms with Crippen molar-refractivity contribution in [2.45, 2.75) is 0 Å². The van der Waals surface area contributed by atoms with Crippen LogP contribution in [-0.4, -0.2) is 12.5 Å². The first-order valence-corrected chi connectivity index (χ1v) is 10.0.